The first kappa shape index (κ1) is 55.3. The van der Waals surface area contributed by atoms with Crippen LogP contribution in [0.15, 0.2) is 279 Å². The van der Waals surface area contributed by atoms with E-state index < -0.39 is 5.41 Å². The number of para-hydroxylation sites is 2. The lowest BCUT2D eigenvalue weighted by Gasteiger charge is -2.38. The van der Waals surface area contributed by atoms with E-state index in [2.05, 4.69) is 344 Å². The van der Waals surface area contributed by atoms with Crippen molar-refractivity contribution in [2.75, 3.05) is 9.80 Å². The van der Waals surface area contributed by atoms with Crippen molar-refractivity contribution in [3.8, 4) is 44.5 Å². The summed E-state index contributed by atoms with van der Waals surface area (Å²) < 4.78 is 0. The van der Waals surface area contributed by atoms with Crippen molar-refractivity contribution in [2.24, 2.45) is 0 Å². The van der Waals surface area contributed by atoms with Gasteiger partial charge in [0, 0.05) is 22.1 Å². The number of hydrogen-bond acceptors (Lipinski definition) is 2. The summed E-state index contributed by atoms with van der Waals surface area (Å²) in [4.78, 5) is 5.21. The maximum absolute atomic E-state index is 2.62. The third-order valence-corrected chi connectivity index (χ3v) is 19.5. The third-order valence-electron chi connectivity index (χ3n) is 19.5. The first-order chi connectivity index (χ1) is 43.5. The quantitative estimate of drug-likeness (QED) is 0.106. The zero-order valence-corrected chi connectivity index (χ0v) is 52.1. The van der Waals surface area contributed by atoms with Crippen LogP contribution in [-0.2, 0) is 5.41 Å². The van der Waals surface area contributed by atoms with Crippen LogP contribution in [-0.4, -0.2) is 0 Å². The molecule has 14 aromatic rings. The molecule has 0 bridgehead atoms. The summed E-state index contributed by atoms with van der Waals surface area (Å²) in [6.45, 7) is 18.8. The first-order valence-electron chi connectivity index (χ1n) is 31.7. The molecule has 14 aromatic carbocycles. The van der Waals surface area contributed by atoms with E-state index in [4.69, 9.17) is 0 Å². The second-order valence-corrected chi connectivity index (χ2v) is 25.2. The standard InChI is InChI=1S/C87H72N2/c1-55(2)76-53-81(88(63-33-17-11-18-34-63)85-57(5)45-47-65(59(85)7)67-38-23-24-40-69(67)68-39-22-21-37-66(68)61-29-13-9-14-30-61)74-50-48-73-77(56(3)4)54-82(75-51-49-72(76)83(74)84(73)75)89(64-35-19-12-20-36-64)86-58(6)46-52-78(60(86)8)87(62-31-15-10-16-32-62)79-43-27-25-41-70(79)71-42-26-28-44-80(71)87/h9-56H,1-8H3. The highest BCUT2D eigenvalue weighted by Crippen LogP contribution is 2.59. The number of rotatable bonds is 13. The van der Waals surface area contributed by atoms with E-state index in [-0.39, 0.29) is 11.8 Å². The van der Waals surface area contributed by atoms with E-state index >= 15 is 0 Å². The van der Waals surface area contributed by atoms with Gasteiger partial charge < -0.3 is 9.80 Å². The second-order valence-electron chi connectivity index (χ2n) is 25.2. The van der Waals surface area contributed by atoms with Gasteiger partial charge in [0.25, 0.3) is 0 Å². The largest absolute Gasteiger partial charge is 0.309 e. The van der Waals surface area contributed by atoms with E-state index in [1.807, 2.05) is 0 Å². The monoisotopic (exact) mass is 1140 g/mol. The van der Waals surface area contributed by atoms with Gasteiger partial charge >= 0.3 is 0 Å². The minimum Gasteiger partial charge on any atom is -0.309 e. The van der Waals surface area contributed by atoms with Crippen molar-refractivity contribution in [3.63, 3.8) is 0 Å². The van der Waals surface area contributed by atoms with Gasteiger partial charge in [-0.1, -0.05) is 270 Å². The molecule has 89 heavy (non-hydrogen) atoms. The Kier molecular flexibility index (Phi) is 13.8. The molecule has 0 atom stereocenters. The maximum Gasteiger partial charge on any atom is 0.0716 e. The van der Waals surface area contributed by atoms with Crippen LogP contribution in [0.25, 0.3) is 76.8 Å². The lowest BCUT2D eigenvalue weighted by Crippen LogP contribution is -2.30. The fourth-order valence-corrected chi connectivity index (χ4v) is 15.5. The van der Waals surface area contributed by atoms with Gasteiger partial charge in [0.1, 0.15) is 0 Å². The van der Waals surface area contributed by atoms with Gasteiger partial charge in [0.2, 0.25) is 0 Å². The maximum atomic E-state index is 2.62. The molecule has 0 aliphatic heterocycles. The number of aryl methyl sites for hydroxylation is 2. The van der Waals surface area contributed by atoms with Crippen LogP contribution >= 0.6 is 0 Å². The van der Waals surface area contributed by atoms with Crippen molar-refractivity contribution >= 4 is 66.4 Å². The van der Waals surface area contributed by atoms with Gasteiger partial charge in [0.15, 0.2) is 0 Å². The molecule has 430 valence electrons. The molecule has 2 nitrogen and oxygen atoms in total. The summed E-state index contributed by atoms with van der Waals surface area (Å²) in [5.41, 5.74) is 29.0. The SMILES string of the molecule is Cc1ccc(-c2ccccc2-c2ccccc2-c2ccccc2)c(C)c1N(c1ccccc1)c1cc(C(C)C)c2ccc3c(N(c4ccccc4)c4c(C)ccc(C5(c6ccccc6)c6ccccc6-c6ccccc65)c4C)cc(C(C)C)c4ccc1c2c43. The molecule has 0 N–H and O–H groups in total. The van der Waals surface area contributed by atoms with Crippen LogP contribution in [0.5, 0.6) is 0 Å². The second kappa shape index (κ2) is 22.1. The average Bonchev–Trinajstić information content (AvgIpc) is 1.69. The molecule has 15 rings (SSSR count). The zero-order valence-electron chi connectivity index (χ0n) is 52.1. The molecular formula is C87H72N2. The Morgan fingerprint density at radius 2 is 0.663 bits per heavy atom. The third kappa shape index (κ3) is 8.75. The zero-order chi connectivity index (χ0) is 60.7. The molecule has 0 heterocycles. The van der Waals surface area contributed by atoms with Crippen molar-refractivity contribution in [2.45, 2.75) is 72.6 Å². The van der Waals surface area contributed by atoms with Gasteiger partial charge in [0.05, 0.1) is 28.2 Å². The molecule has 0 fully saturated rings. The lowest BCUT2D eigenvalue weighted by atomic mass is 9.66. The molecule has 0 saturated heterocycles. The van der Waals surface area contributed by atoms with Crippen LogP contribution in [0.1, 0.15) is 95.2 Å². The number of hydrogen-bond donors (Lipinski definition) is 0. The van der Waals surface area contributed by atoms with Crippen molar-refractivity contribution in [1.82, 2.24) is 0 Å². The van der Waals surface area contributed by atoms with E-state index in [1.165, 1.54) is 155 Å². The van der Waals surface area contributed by atoms with Crippen molar-refractivity contribution in [1.29, 1.82) is 0 Å². The molecule has 2 heteroatoms. The van der Waals surface area contributed by atoms with E-state index in [0.717, 1.165) is 11.4 Å². The fraction of sp³-hybridized carbons (Fsp3) is 0.126. The molecule has 0 aromatic heterocycles. The molecule has 0 unspecified atom stereocenters. The number of benzene rings is 14. The van der Waals surface area contributed by atoms with Crippen molar-refractivity contribution < 1.29 is 0 Å². The van der Waals surface area contributed by atoms with Crippen molar-refractivity contribution in [3.05, 3.63) is 335 Å². The fourth-order valence-electron chi connectivity index (χ4n) is 15.5. The summed E-state index contributed by atoms with van der Waals surface area (Å²) in [6, 6.07) is 105. The Balaban J connectivity index is 0.995. The normalized spacial score (nSPS) is 12.6. The Bertz CT molecular complexity index is 4950. The highest BCUT2D eigenvalue weighted by atomic mass is 15.2. The summed E-state index contributed by atoms with van der Waals surface area (Å²) >= 11 is 0. The van der Waals surface area contributed by atoms with Gasteiger partial charge in [-0.05, 0) is 198 Å². The highest BCUT2D eigenvalue weighted by molar-refractivity contribution is 6.29. The van der Waals surface area contributed by atoms with Crippen LogP contribution in [0.2, 0.25) is 0 Å². The average molecular weight is 1150 g/mol. The molecule has 0 radical (unpaired) electrons. The Morgan fingerprint density at radius 3 is 1.15 bits per heavy atom. The minimum absolute atomic E-state index is 0.220. The van der Waals surface area contributed by atoms with Gasteiger partial charge in [-0.25, -0.2) is 0 Å². The van der Waals surface area contributed by atoms with Crippen LogP contribution < -0.4 is 9.80 Å². The van der Waals surface area contributed by atoms with E-state index in [0.29, 0.717) is 0 Å². The lowest BCUT2D eigenvalue weighted by molar-refractivity contribution is 0.760. The minimum atomic E-state index is -0.573. The predicted molar refractivity (Wildman–Crippen MR) is 380 cm³/mol. The molecule has 1 aliphatic rings. The smallest absolute Gasteiger partial charge is 0.0716 e. The Hall–Kier alpha value is -10.3. The topological polar surface area (TPSA) is 6.48 Å². The number of nitrogens with zero attached hydrogens (tertiary/aromatic N) is 2. The molecule has 0 amide bonds. The van der Waals surface area contributed by atoms with E-state index in [9.17, 15) is 0 Å². The van der Waals surface area contributed by atoms with Crippen LogP contribution in [0.3, 0.4) is 0 Å². The summed E-state index contributed by atoms with van der Waals surface area (Å²) in [7, 11) is 0. The molecule has 0 saturated carbocycles. The van der Waals surface area contributed by atoms with Gasteiger partial charge in [-0.2, -0.15) is 0 Å². The summed E-state index contributed by atoms with van der Waals surface area (Å²) in [5, 5.41) is 7.66. The predicted octanol–water partition coefficient (Wildman–Crippen LogP) is 24.4. The molecular weight excluding hydrogens is 1070 g/mol. The first-order valence-corrected chi connectivity index (χ1v) is 31.7. The number of fused-ring (bicyclic) bond motifs is 3. The molecule has 1 aliphatic carbocycles. The van der Waals surface area contributed by atoms with Gasteiger partial charge in [-0.3, -0.25) is 0 Å². The van der Waals surface area contributed by atoms with E-state index in [1.54, 1.807) is 0 Å². The Labute approximate surface area is 525 Å². The van der Waals surface area contributed by atoms with Gasteiger partial charge in [-0.15, -0.1) is 0 Å². The summed E-state index contributed by atoms with van der Waals surface area (Å²) in [5.74, 6) is 0.444. The summed E-state index contributed by atoms with van der Waals surface area (Å²) in [6.07, 6.45) is 0. The highest BCUT2D eigenvalue weighted by Gasteiger charge is 2.47. The van der Waals surface area contributed by atoms with Crippen LogP contribution in [0.4, 0.5) is 34.1 Å². The Morgan fingerprint density at radius 1 is 0.292 bits per heavy atom. The molecule has 0 spiro atoms. The number of anilines is 6. The van der Waals surface area contributed by atoms with Crippen LogP contribution in [0, 0.1) is 27.7 Å².